The lowest BCUT2D eigenvalue weighted by atomic mass is 10.2. The Bertz CT molecular complexity index is 549. The van der Waals surface area contributed by atoms with Crippen LogP contribution in [0, 0.1) is 6.92 Å². The predicted molar refractivity (Wildman–Crippen MR) is 81.0 cm³/mol. The van der Waals surface area contributed by atoms with Crippen molar-refractivity contribution in [3.05, 3.63) is 28.0 Å². The molecule has 0 saturated heterocycles. The standard InChI is InChI=1S/C14H19N3O2S/c1-9(7-11-6-5-10(2)20-11)15-14-16-12(18-3)8-13(17-14)19-4/h5-6,8-9H,7H2,1-4H3,(H,15,16,17). The van der Waals surface area contributed by atoms with Gasteiger partial charge in [0.2, 0.25) is 17.7 Å². The van der Waals surface area contributed by atoms with Crippen molar-refractivity contribution in [2.75, 3.05) is 19.5 Å². The fourth-order valence-electron chi connectivity index (χ4n) is 1.85. The summed E-state index contributed by atoms with van der Waals surface area (Å²) in [6, 6.07) is 6.17. The van der Waals surface area contributed by atoms with Gasteiger partial charge in [-0.3, -0.25) is 0 Å². The van der Waals surface area contributed by atoms with Gasteiger partial charge in [0, 0.05) is 22.2 Å². The largest absolute Gasteiger partial charge is 0.481 e. The van der Waals surface area contributed by atoms with Gasteiger partial charge in [0.15, 0.2) is 0 Å². The smallest absolute Gasteiger partial charge is 0.229 e. The van der Waals surface area contributed by atoms with E-state index in [-0.39, 0.29) is 6.04 Å². The molecule has 2 aromatic heterocycles. The van der Waals surface area contributed by atoms with Gasteiger partial charge in [0.25, 0.3) is 0 Å². The molecule has 0 fully saturated rings. The monoisotopic (exact) mass is 293 g/mol. The molecule has 0 aliphatic carbocycles. The molecule has 1 N–H and O–H groups in total. The lowest BCUT2D eigenvalue weighted by Gasteiger charge is -2.14. The van der Waals surface area contributed by atoms with Crippen molar-refractivity contribution < 1.29 is 9.47 Å². The summed E-state index contributed by atoms with van der Waals surface area (Å²) in [7, 11) is 3.15. The molecule has 0 saturated carbocycles. The Morgan fingerprint density at radius 2 is 1.85 bits per heavy atom. The zero-order valence-electron chi connectivity index (χ0n) is 12.1. The van der Waals surface area contributed by atoms with Gasteiger partial charge in [0.1, 0.15) is 0 Å². The van der Waals surface area contributed by atoms with Crippen molar-refractivity contribution in [2.24, 2.45) is 0 Å². The second-order valence-corrected chi connectivity index (χ2v) is 5.91. The minimum absolute atomic E-state index is 0.227. The van der Waals surface area contributed by atoms with E-state index in [0.29, 0.717) is 17.7 Å². The summed E-state index contributed by atoms with van der Waals surface area (Å²) >= 11 is 1.81. The quantitative estimate of drug-likeness (QED) is 0.887. The highest BCUT2D eigenvalue weighted by Gasteiger charge is 2.10. The molecule has 108 valence electrons. The topological polar surface area (TPSA) is 56.3 Å². The molecule has 0 aliphatic heterocycles. The number of aryl methyl sites for hydroxylation is 1. The summed E-state index contributed by atoms with van der Waals surface area (Å²) < 4.78 is 10.3. The zero-order chi connectivity index (χ0) is 14.5. The molecule has 0 bridgehead atoms. The molecule has 1 atom stereocenters. The van der Waals surface area contributed by atoms with E-state index in [9.17, 15) is 0 Å². The normalized spacial score (nSPS) is 12.0. The van der Waals surface area contributed by atoms with Crippen molar-refractivity contribution in [3.8, 4) is 11.8 Å². The van der Waals surface area contributed by atoms with Gasteiger partial charge in [-0.1, -0.05) is 0 Å². The van der Waals surface area contributed by atoms with E-state index in [1.807, 2.05) is 11.3 Å². The highest BCUT2D eigenvalue weighted by atomic mass is 32.1. The predicted octanol–water partition coefficient (Wildman–Crippen LogP) is 2.91. The lowest BCUT2D eigenvalue weighted by molar-refractivity contribution is 0.372. The number of anilines is 1. The van der Waals surface area contributed by atoms with Crippen LogP contribution in [0.2, 0.25) is 0 Å². The summed E-state index contributed by atoms with van der Waals surface area (Å²) in [6.45, 7) is 4.21. The average molecular weight is 293 g/mol. The van der Waals surface area contributed by atoms with Crippen molar-refractivity contribution in [2.45, 2.75) is 26.3 Å². The highest BCUT2D eigenvalue weighted by molar-refractivity contribution is 7.11. The van der Waals surface area contributed by atoms with Gasteiger partial charge in [-0.2, -0.15) is 9.97 Å². The van der Waals surface area contributed by atoms with E-state index in [4.69, 9.17) is 9.47 Å². The van der Waals surface area contributed by atoms with Crippen LogP contribution in [0.3, 0.4) is 0 Å². The van der Waals surface area contributed by atoms with Crippen molar-refractivity contribution in [1.82, 2.24) is 9.97 Å². The number of thiophene rings is 1. The molecular formula is C14H19N3O2S. The fraction of sp³-hybridized carbons (Fsp3) is 0.429. The van der Waals surface area contributed by atoms with E-state index in [0.717, 1.165) is 6.42 Å². The molecule has 0 aliphatic rings. The number of nitrogens with one attached hydrogen (secondary N) is 1. The molecular weight excluding hydrogens is 274 g/mol. The maximum Gasteiger partial charge on any atom is 0.229 e. The first-order valence-corrected chi connectivity index (χ1v) is 7.21. The van der Waals surface area contributed by atoms with Gasteiger partial charge in [0.05, 0.1) is 20.3 Å². The third-order valence-corrected chi connectivity index (χ3v) is 3.80. The van der Waals surface area contributed by atoms with E-state index < -0.39 is 0 Å². The van der Waals surface area contributed by atoms with Gasteiger partial charge < -0.3 is 14.8 Å². The van der Waals surface area contributed by atoms with E-state index in [1.165, 1.54) is 9.75 Å². The second kappa shape index (κ2) is 6.56. The minimum Gasteiger partial charge on any atom is -0.481 e. The Balaban J connectivity index is 2.04. The Hall–Kier alpha value is -1.82. The molecule has 2 heterocycles. The van der Waals surface area contributed by atoms with Crippen molar-refractivity contribution >= 4 is 17.3 Å². The summed E-state index contributed by atoms with van der Waals surface area (Å²) in [6.07, 6.45) is 0.932. The zero-order valence-corrected chi connectivity index (χ0v) is 13.0. The molecule has 0 amide bonds. The van der Waals surface area contributed by atoms with E-state index in [1.54, 1.807) is 20.3 Å². The summed E-state index contributed by atoms with van der Waals surface area (Å²) in [4.78, 5) is 11.2. The number of rotatable bonds is 6. The van der Waals surface area contributed by atoms with E-state index >= 15 is 0 Å². The summed E-state index contributed by atoms with van der Waals surface area (Å²) in [5.41, 5.74) is 0. The van der Waals surface area contributed by atoms with Crippen LogP contribution < -0.4 is 14.8 Å². The third kappa shape index (κ3) is 3.84. The Morgan fingerprint density at radius 1 is 1.20 bits per heavy atom. The fourth-order valence-corrected chi connectivity index (χ4v) is 2.86. The molecule has 0 spiro atoms. The molecule has 5 nitrogen and oxygen atoms in total. The Morgan fingerprint density at radius 3 is 2.35 bits per heavy atom. The van der Waals surface area contributed by atoms with E-state index in [2.05, 4.69) is 41.3 Å². The number of nitrogens with zero attached hydrogens (tertiary/aromatic N) is 2. The molecule has 2 aromatic rings. The first kappa shape index (κ1) is 14.6. The number of hydrogen-bond acceptors (Lipinski definition) is 6. The first-order valence-electron chi connectivity index (χ1n) is 6.39. The summed E-state index contributed by atoms with van der Waals surface area (Å²) in [5.74, 6) is 1.49. The highest BCUT2D eigenvalue weighted by Crippen LogP contribution is 2.20. The average Bonchev–Trinajstić information content (AvgIpc) is 2.83. The van der Waals surface area contributed by atoms with Crippen LogP contribution in [0.4, 0.5) is 5.95 Å². The van der Waals surface area contributed by atoms with Crippen LogP contribution in [-0.2, 0) is 6.42 Å². The number of hydrogen-bond donors (Lipinski definition) is 1. The van der Waals surface area contributed by atoms with Gasteiger partial charge in [-0.05, 0) is 26.0 Å². The van der Waals surface area contributed by atoms with Crippen LogP contribution >= 0.6 is 11.3 Å². The molecule has 0 aromatic carbocycles. The van der Waals surface area contributed by atoms with Crippen LogP contribution in [-0.4, -0.2) is 30.2 Å². The van der Waals surface area contributed by atoms with Crippen molar-refractivity contribution in [1.29, 1.82) is 0 Å². The number of methoxy groups -OCH3 is 2. The molecule has 2 rings (SSSR count). The van der Waals surface area contributed by atoms with Crippen LogP contribution in [0.5, 0.6) is 11.8 Å². The van der Waals surface area contributed by atoms with Gasteiger partial charge in [-0.15, -0.1) is 11.3 Å². The second-order valence-electron chi connectivity index (χ2n) is 4.54. The Labute approximate surface area is 123 Å². The SMILES string of the molecule is COc1cc(OC)nc(NC(C)Cc2ccc(C)s2)n1. The number of aromatic nitrogens is 2. The van der Waals surface area contributed by atoms with Gasteiger partial charge >= 0.3 is 0 Å². The molecule has 6 heteroatoms. The number of ether oxygens (including phenoxy) is 2. The molecule has 0 radical (unpaired) electrons. The van der Waals surface area contributed by atoms with Crippen LogP contribution in [0.25, 0.3) is 0 Å². The van der Waals surface area contributed by atoms with Crippen molar-refractivity contribution in [3.63, 3.8) is 0 Å². The van der Waals surface area contributed by atoms with Crippen LogP contribution in [0.1, 0.15) is 16.7 Å². The molecule has 20 heavy (non-hydrogen) atoms. The van der Waals surface area contributed by atoms with Gasteiger partial charge in [-0.25, -0.2) is 0 Å². The lowest BCUT2D eigenvalue weighted by Crippen LogP contribution is -2.19. The summed E-state index contributed by atoms with van der Waals surface area (Å²) in [5, 5.41) is 3.27. The maximum absolute atomic E-state index is 5.13. The Kier molecular flexibility index (Phi) is 4.79. The first-order chi connectivity index (χ1) is 9.60. The maximum atomic E-state index is 5.13. The third-order valence-electron chi connectivity index (χ3n) is 2.78. The minimum atomic E-state index is 0.227. The van der Waals surface area contributed by atoms with Crippen LogP contribution in [0.15, 0.2) is 18.2 Å². The molecule has 1 unspecified atom stereocenters.